The van der Waals surface area contributed by atoms with Gasteiger partial charge in [0.2, 0.25) is 0 Å². The highest BCUT2D eigenvalue weighted by molar-refractivity contribution is 5.89. The van der Waals surface area contributed by atoms with Gasteiger partial charge in [0.1, 0.15) is 11.5 Å². The van der Waals surface area contributed by atoms with E-state index in [9.17, 15) is 0 Å². The number of benzene rings is 1. The Morgan fingerprint density at radius 1 is 0.944 bits per heavy atom. The molecule has 0 amide bonds. The van der Waals surface area contributed by atoms with Crippen LogP contribution in [0.1, 0.15) is 18.4 Å². The Kier molecular flexibility index (Phi) is 1.97. The second-order valence-corrected chi connectivity index (χ2v) is 4.57. The van der Waals surface area contributed by atoms with E-state index in [1.54, 1.807) is 0 Å². The van der Waals surface area contributed by atoms with Crippen LogP contribution in [0.4, 0.5) is 0 Å². The SMILES string of the molecule is C1=CC2=C(CC1)OC=C1C2=COc2ccccc21. The molecule has 0 saturated carbocycles. The van der Waals surface area contributed by atoms with E-state index in [0.717, 1.165) is 46.6 Å². The average Bonchev–Trinajstić information content (AvgIpc) is 2.46. The number of fused-ring (bicyclic) bond motifs is 4. The molecular weight excluding hydrogens is 224 g/mol. The monoisotopic (exact) mass is 236 g/mol. The van der Waals surface area contributed by atoms with Crippen LogP contribution in [0.3, 0.4) is 0 Å². The maximum atomic E-state index is 5.78. The largest absolute Gasteiger partial charge is 0.468 e. The molecule has 0 atom stereocenters. The molecule has 0 saturated heterocycles. The third-order valence-corrected chi connectivity index (χ3v) is 3.50. The predicted octanol–water partition coefficient (Wildman–Crippen LogP) is 3.94. The molecule has 2 nitrogen and oxygen atoms in total. The van der Waals surface area contributed by atoms with Crippen LogP contribution in [0.5, 0.6) is 5.75 Å². The first-order valence-corrected chi connectivity index (χ1v) is 6.17. The van der Waals surface area contributed by atoms with Gasteiger partial charge in [-0.3, -0.25) is 0 Å². The molecule has 2 heteroatoms. The van der Waals surface area contributed by atoms with Gasteiger partial charge in [-0.25, -0.2) is 0 Å². The number of rotatable bonds is 0. The van der Waals surface area contributed by atoms with Gasteiger partial charge in [0.15, 0.2) is 0 Å². The fourth-order valence-electron chi connectivity index (χ4n) is 2.59. The molecule has 0 radical (unpaired) electrons. The van der Waals surface area contributed by atoms with E-state index in [-0.39, 0.29) is 0 Å². The van der Waals surface area contributed by atoms with Crippen molar-refractivity contribution in [2.24, 2.45) is 0 Å². The molecule has 18 heavy (non-hydrogen) atoms. The van der Waals surface area contributed by atoms with E-state index in [1.807, 2.05) is 30.7 Å². The van der Waals surface area contributed by atoms with Gasteiger partial charge in [-0.15, -0.1) is 0 Å². The van der Waals surface area contributed by atoms with Crippen molar-refractivity contribution in [3.05, 3.63) is 71.4 Å². The van der Waals surface area contributed by atoms with Crippen LogP contribution in [0.25, 0.3) is 5.57 Å². The van der Waals surface area contributed by atoms with Crippen LogP contribution < -0.4 is 4.74 Å². The summed E-state index contributed by atoms with van der Waals surface area (Å²) in [6, 6.07) is 8.04. The topological polar surface area (TPSA) is 18.5 Å². The molecule has 4 rings (SSSR count). The van der Waals surface area contributed by atoms with Crippen molar-refractivity contribution >= 4 is 5.57 Å². The summed E-state index contributed by atoms with van der Waals surface area (Å²) in [7, 11) is 0. The van der Waals surface area contributed by atoms with Crippen LogP contribution in [0, 0.1) is 0 Å². The Hall–Kier alpha value is -2.22. The first kappa shape index (κ1) is 9.77. The molecule has 1 aliphatic carbocycles. The van der Waals surface area contributed by atoms with Gasteiger partial charge >= 0.3 is 0 Å². The lowest BCUT2D eigenvalue weighted by Gasteiger charge is -2.27. The minimum atomic E-state index is 0.889. The first-order valence-electron chi connectivity index (χ1n) is 6.17. The third-order valence-electron chi connectivity index (χ3n) is 3.50. The van der Waals surface area contributed by atoms with Crippen molar-refractivity contribution in [3.8, 4) is 5.75 Å². The lowest BCUT2D eigenvalue weighted by molar-refractivity contribution is 0.324. The van der Waals surface area contributed by atoms with E-state index >= 15 is 0 Å². The minimum absolute atomic E-state index is 0.889. The maximum Gasteiger partial charge on any atom is 0.134 e. The fraction of sp³-hybridized carbons (Fsp3) is 0.125. The lowest BCUT2D eigenvalue weighted by Crippen LogP contribution is -2.11. The zero-order chi connectivity index (χ0) is 11.9. The summed E-state index contributed by atoms with van der Waals surface area (Å²) >= 11 is 0. The molecule has 2 aliphatic heterocycles. The van der Waals surface area contributed by atoms with E-state index in [0.29, 0.717) is 0 Å². The average molecular weight is 236 g/mol. The Balaban J connectivity index is 1.87. The summed E-state index contributed by atoms with van der Waals surface area (Å²) in [5.74, 6) is 1.94. The molecule has 2 heterocycles. The van der Waals surface area contributed by atoms with Crippen molar-refractivity contribution in [2.45, 2.75) is 12.8 Å². The van der Waals surface area contributed by atoms with E-state index < -0.39 is 0 Å². The van der Waals surface area contributed by atoms with Crippen LogP contribution in [-0.2, 0) is 4.74 Å². The molecule has 0 aromatic heterocycles. The van der Waals surface area contributed by atoms with Gasteiger partial charge in [-0.1, -0.05) is 30.4 Å². The number of para-hydroxylation sites is 1. The molecule has 88 valence electrons. The molecule has 0 spiro atoms. The molecule has 1 aromatic rings. The second kappa shape index (κ2) is 3.64. The van der Waals surface area contributed by atoms with Gasteiger partial charge in [0.25, 0.3) is 0 Å². The highest BCUT2D eigenvalue weighted by Crippen LogP contribution is 2.43. The molecule has 0 fully saturated rings. The minimum Gasteiger partial charge on any atom is -0.468 e. The molecule has 3 aliphatic rings. The summed E-state index contributed by atoms with van der Waals surface area (Å²) in [4.78, 5) is 0. The summed E-state index contributed by atoms with van der Waals surface area (Å²) in [6.45, 7) is 0. The molecule has 0 N–H and O–H groups in total. The summed E-state index contributed by atoms with van der Waals surface area (Å²) in [5, 5.41) is 0. The number of hydrogen-bond donors (Lipinski definition) is 0. The van der Waals surface area contributed by atoms with Gasteiger partial charge in [-0.2, -0.15) is 0 Å². The Labute approximate surface area is 106 Å². The van der Waals surface area contributed by atoms with Gasteiger partial charge < -0.3 is 9.47 Å². The highest BCUT2D eigenvalue weighted by Gasteiger charge is 2.27. The Morgan fingerprint density at radius 2 is 1.83 bits per heavy atom. The van der Waals surface area contributed by atoms with Crippen LogP contribution in [0.15, 0.2) is 65.8 Å². The summed E-state index contributed by atoms with van der Waals surface area (Å²) in [5.41, 5.74) is 4.50. The van der Waals surface area contributed by atoms with Crippen molar-refractivity contribution in [1.82, 2.24) is 0 Å². The van der Waals surface area contributed by atoms with Gasteiger partial charge in [0, 0.05) is 28.7 Å². The highest BCUT2D eigenvalue weighted by atomic mass is 16.5. The van der Waals surface area contributed by atoms with Crippen LogP contribution in [-0.4, -0.2) is 0 Å². The molecule has 0 bridgehead atoms. The maximum absolute atomic E-state index is 5.78. The van der Waals surface area contributed by atoms with Crippen LogP contribution in [0.2, 0.25) is 0 Å². The Bertz CT molecular complexity index is 645. The third kappa shape index (κ3) is 1.29. The van der Waals surface area contributed by atoms with E-state index in [4.69, 9.17) is 9.47 Å². The van der Waals surface area contributed by atoms with Crippen LogP contribution >= 0.6 is 0 Å². The summed E-state index contributed by atoms with van der Waals surface area (Å²) < 4.78 is 11.5. The zero-order valence-corrected chi connectivity index (χ0v) is 9.85. The smallest absolute Gasteiger partial charge is 0.134 e. The second-order valence-electron chi connectivity index (χ2n) is 4.57. The normalized spacial score (nSPS) is 19.8. The van der Waals surface area contributed by atoms with Crippen molar-refractivity contribution in [3.63, 3.8) is 0 Å². The molecule has 0 unspecified atom stereocenters. The van der Waals surface area contributed by atoms with E-state index in [2.05, 4.69) is 18.2 Å². The number of ether oxygens (including phenoxy) is 2. The summed E-state index contributed by atoms with van der Waals surface area (Å²) in [6.07, 6.45) is 10.0. The lowest BCUT2D eigenvalue weighted by atomic mass is 9.87. The van der Waals surface area contributed by atoms with Gasteiger partial charge in [-0.05, 0) is 12.5 Å². The number of allylic oxidation sites excluding steroid dienone is 6. The zero-order valence-electron chi connectivity index (χ0n) is 9.85. The quantitative estimate of drug-likeness (QED) is 0.679. The van der Waals surface area contributed by atoms with Crippen molar-refractivity contribution in [1.29, 1.82) is 0 Å². The molecule has 1 aromatic carbocycles. The van der Waals surface area contributed by atoms with E-state index in [1.165, 1.54) is 0 Å². The van der Waals surface area contributed by atoms with Crippen molar-refractivity contribution < 1.29 is 9.47 Å². The predicted molar refractivity (Wildman–Crippen MR) is 69.6 cm³/mol. The Morgan fingerprint density at radius 3 is 2.83 bits per heavy atom. The standard InChI is InChI=1S/C16H12O2/c1-3-7-15-11(5-1)13-9-18-16-8-4-2-6-12(16)14(13)10-17-15/h1-3,5-7,9-10H,4,8H2. The first-order chi connectivity index (χ1) is 8.93. The van der Waals surface area contributed by atoms with Gasteiger partial charge in [0.05, 0.1) is 12.5 Å². The fourth-order valence-corrected chi connectivity index (χ4v) is 2.59. The molecular formula is C16H12O2. The van der Waals surface area contributed by atoms with Crippen molar-refractivity contribution in [2.75, 3.05) is 0 Å². The number of hydrogen-bond acceptors (Lipinski definition) is 2.